The lowest BCUT2D eigenvalue weighted by molar-refractivity contribution is -0.192. The van der Waals surface area contributed by atoms with Crippen LogP contribution in [0.1, 0.15) is 12.8 Å². The summed E-state index contributed by atoms with van der Waals surface area (Å²) in [6, 6.07) is 9.93. The third-order valence-corrected chi connectivity index (χ3v) is 4.45. The number of rotatable bonds is 4. The number of piperidine rings is 1. The van der Waals surface area contributed by atoms with Crippen molar-refractivity contribution in [3.05, 3.63) is 42.9 Å². The molecule has 31 heavy (non-hydrogen) atoms. The fourth-order valence-corrected chi connectivity index (χ4v) is 2.89. The van der Waals surface area contributed by atoms with Crippen LogP contribution in [0.2, 0.25) is 0 Å². The molecule has 0 aliphatic carbocycles. The normalized spacial score (nSPS) is 14.9. The van der Waals surface area contributed by atoms with Gasteiger partial charge in [0, 0.05) is 6.21 Å². The first-order valence-electron chi connectivity index (χ1n) is 9.40. The van der Waals surface area contributed by atoms with E-state index in [4.69, 9.17) is 9.90 Å². The monoisotopic (exact) mass is 435 g/mol. The number of fused-ring (bicyclic) bond motifs is 1. The molecule has 1 aliphatic heterocycles. The maximum Gasteiger partial charge on any atom is 0.490 e. The van der Waals surface area contributed by atoms with Crippen LogP contribution in [-0.2, 0) is 4.79 Å². The van der Waals surface area contributed by atoms with E-state index in [0.717, 1.165) is 42.7 Å². The lowest BCUT2D eigenvalue weighted by Gasteiger charge is -2.18. The van der Waals surface area contributed by atoms with Gasteiger partial charge in [-0.25, -0.2) is 19.4 Å². The van der Waals surface area contributed by atoms with Gasteiger partial charge in [-0.1, -0.05) is 18.2 Å². The summed E-state index contributed by atoms with van der Waals surface area (Å²) in [5, 5.41) is 20.1. The summed E-state index contributed by atoms with van der Waals surface area (Å²) in [6.07, 6.45) is 2.44. The molecule has 0 bridgehead atoms. The summed E-state index contributed by atoms with van der Waals surface area (Å²) >= 11 is 0. The SMILES string of the molecule is C(=N\Nc1ncnc2c1cnn2-c1ccccc1)/C1CCNCC1.O=C(O)C(F)(F)F. The number of anilines is 1. The molecule has 12 heteroatoms. The molecule has 1 saturated heterocycles. The van der Waals surface area contributed by atoms with Gasteiger partial charge in [0.2, 0.25) is 0 Å². The standard InChI is InChI=1S/C17H19N7.C2HF3O2/c1-2-4-14(5-3-1)24-17-15(11-22-24)16(19-12-20-17)23-21-10-13-6-8-18-9-7-13;3-2(4,5)1(6)7/h1-5,10-13,18H,6-9H2,(H,19,20,23);(H,6,7)/b21-10+;. The summed E-state index contributed by atoms with van der Waals surface area (Å²) in [5.41, 5.74) is 4.77. The van der Waals surface area contributed by atoms with Crippen LogP contribution in [-0.4, -0.2) is 56.3 Å². The van der Waals surface area contributed by atoms with E-state index < -0.39 is 12.1 Å². The van der Waals surface area contributed by atoms with E-state index in [2.05, 4.69) is 30.9 Å². The first-order valence-corrected chi connectivity index (χ1v) is 9.40. The minimum Gasteiger partial charge on any atom is -0.475 e. The van der Waals surface area contributed by atoms with Gasteiger partial charge in [-0.15, -0.1) is 0 Å². The lowest BCUT2D eigenvalue weighted by atomic mass is 10.00. The van der Waals surface area contributed by atoms with Crippen molar-refractivity contribution < 1.29 is 23.1 Å². The number of carboxylic acid groups (broad SMARTS) is 1. The van der Waals surface area contributed by atoms with Gasteiger partial charge in [-0.3, -0.25) is 5.43 Å². The average molecular weight is 435 g/mol. The second kappa shape index (κ2) is 9.98. The third kappa shape index (κ3) is 5.98. The Labute approximate surface area is 175 Å². The van der Waals surface area contributed by atoms with Crippen molar-refractivity contribution in [2.45, 2.75) is 19.0 Å². The molecule has 3 aromatic rings. The number of alkyl halides is 3. The first kappa shape index (κ1) is 22.2. The molecule has 0 unspecified atom stereocenters. The number of hydrogen-bond donors (Lipinski definition) is 3. The Morgan fingerprint density at radius 2 is 1.90 bits per heavy atom. The smallest absolute Gasteiger partial charge is 0.475 e. The molecular formula is C19H20F3N7O2. The van der Waals surface area contributed by atoms with Gasteiger partial charge in [0.1, 0.15) is 6.33 Å². The summed E-state index contributed by atoms with van der Waals surface area (Å²) in [6.45, 7) is 2.11. The zero-order chi connectivity index (χ0) is 22.3. The highest BCUT2D eigenvalue weighted by Gasteiger charge is 2.38. The molecule has 1 fully saturated rings. The Hall–Kier alpha value is -3.54. The van der Waals surface area contributed by atoms with Crippen molar-refractivity contribution in [1.82, 2.24) is 25.1 Å². The van der Waals surface area contributed by atoms with E-state index in [1.165, 1.54) is 6.33 Å². The minimum atomic E-state index is -5.08. The number of halogens is 3. The van der Waals surface area contributed by atoms with Crippen molar-refractivity contribution in [2.75, 3.05) is 18.5 Å². The van der Waals surface area contributed by atoms with Crippen LogP contribution in [0.3, 0.4) is 0 Å². The Balaban J connectivity index is 0.000000339. The second-order valence-corrected chi connectivity index (χ2v) is 6.63. The summed E-state index contributed by atoms with van der Waals surface area (Å²) in [4.78, 5) is 17.6. The van der Waals surface area contributed by atoms with E-state index in [-0.39, 0.29) is 0 Å². The van der Waals surface area contributed by atoms with E-state index in [1.807, 2.05) is 36.5 Å². The largest absolute Gasteiger partial charge is 0.490 e. The highest BCUT2D eigenvalue weighted by Crippen LogP contribution is 2.21. The summed E-state index contributed by atoms with van der Waals surface area (Å²) < 4.78 is 33.5. The third-order valence-electron chi connectivity index (χ3n) is 4.45. The lowest BCUT2D eigenvalue weighted by Crippen LogP contribution is -2.28. The predicted octanol–water partition coefficient (Wildman–Crippen LogP) is 2.85. The van der Waals surface area contributed by atoms with Gasteiger partial charge in [0.15, 0.2) is 11.5 Å². The molecular weight excluding hydrogens is 415 g/mol. The number of nitrogens with one attached hydrogen (secondary N) is 2. The van der Waals surface area contributed by atoms with Crippen molar-refractivity contribution in [3.8, 4) is 5.69 Å². The zero-order valence-electron chi connectivity index (χ0n) is 16.3. The first-order chi connectivity index (χ1) is 14.9. The van der Waals surface area contributed by atoms with Gasteiger partial charge in [0.25, 0.3) is 0 Å². The molecule has 0 spiro atoms. The van der Waals surface area contributed by atoms with Crippen molar-refractivity contribution in [2.24, 2.45) is 11.0 Å². The predicted molar refractivity (Wildman–Crippen MR) is 108 cm³/mol. The molecule has 0 saturated carbocycles. The van der Waals surface area contributed by atoms with E-state index >= 15 is 0 Å². The maximum atomic E-state index is 10.6. The van der Waals surface area contributed by atoms with Gasteiger partial charge in [0.05, 0.1) is 17.3 Å². The molecule has 164 valence electrons. The number of benzene rings is 1. The fourth-order valence-electron chi connectivity index (χ4n) is 2.89. The van der Waals surface area contributed by atoms with E-state index in [0.29, 0.717) is 11.7 Å². The topological polar surface area (TPSA) is 117 Å². The molecule has 1 aromatic carbocycles. The number of carbonyl (C=O) groups is 1. The van der Waals surface area contributed by atoms with Crippen LogP contribution in [0.25, 0.3) is 16.7 Å². The number of aliphatic carboxylic acids is 1. The molecule has 3 N–H and O–H groups in total. The molecule has 9 nitrogen and oxygen atoms in total. The van der Waals surface area contributed by atoms with Crippen molar-refractivity contribution >= 4 is 29.0 Å². The number of nitrogens with zero attached hydrogens (tertiary/aromatic N) is 5. The molecule has 4 rings (SSSR count). The van der Waals surface area contributed by atoms with Crippen LogP contribution >= 0.6 is 0 Å². The van der Waals surface area contributed by atoms with Crippen LogP contribution in [0.15, 0.2) is 48.0 Å². The number of hydrazone groups is 1. The number of aromatic nitrogens is 4. The van der Waals surface area contributed by atoms with E-state index in [1.54, 1.807) is 10.9 Å². The molecule has 3 heterocycles. The highest BCUT2D eigenvalue weighted by molar-refractivity contribution is 5.87. The minimum absolute atomic E-state index is 0.517. The van der Waals surface area contributed by atoms with Gasteiger partial charge < -0.3 is 10.4 Å². The van der Waals surface area contributed by atoms with Crippen LogP contribution in [0.4, 0.5) is 19.0 Å². The molecule has 0 atom stereocenters. The molecule has 2 aromatic heterocycles. The van der Waals surface area contributed by atoms with Crippen molar-refractivity contribution in [1.29, 1.82) is 0 Å². The molecule has 1 aliphatic rings. The van der Waals surface area contributed by atoms with Gasteiger partial charge in [-0.2, -0.15) is 23.4 Å². The number of hydrogen-bond acceptors (Lipinski definition) is 7. The Bertz CT molecular complexity index is 1030. The summed E-state index contributed by atoms with van der Waals surface area (Å²) in [5.74, 6) is -1.57. The molecule has 0 radical (unpaired) electrons. The van der Waals surface area contributed by atoms with Crippen LogP contribution in [0.5, 0.6) is 0 Å². The Kier molecular flexibility index (Phi) is 7.13. The van der Waals surface area contributed by atoms with Crippen LogP contribution in [0, 0.1) is 5.92 Å². The fraction of sp³-hybridized carbons (Fsp3) is 0.316. The van der Waals surface area contributed by atoms with Gasteiger partial charge in [-0.05, 0) is 44.0 Å². The quantitative estimate of drug-likeness (QED) is 0.426. The Morgan fingerprint density at radius 3 is 2.55 bits per heavy atom. The average Bonchev–Trinajstić information content (AvgIpc) is 3.20. The Morgan fingerprint density at radius 1 is 1.23 bits per heavy atom. The number of carboxylic acids is 1. The second-order valence-electron chi connectivity index (χ2n) is 6.63. The highest BCUT2D eigenvalue weighted by atomic mass is 19.4. The maximum absolute atomic E-state index is 10.6. The van der Waals surface area contributed by atoms with Crippen molar-refractivity contribution in [3.63, 3.8) is 0 Å². The van der Waals surface area contributed by atoms with Gasteiger partial charge >= 0.3 is 12.1 Å². The van der Waals surface area contributed by atoms with Crippen LogP contribution < -0.4 is 10.7 Å². The number of para-hydroxylation sites is 1. The van der Waals surface area contributed by atoms with E-state index in [9.17, 15) is 13.2 Å². The summed E-state index contributed by atoms with van der Waals surface area (Å²) in [7, 11) is 0. The zero-order valence-corrected chi connectivity index (χ0v) is 16.3. The molecule has 0 amide bonds.